The lowest BCUT2D eigenvalue weighted by molar-refractivity contribution is -0.145. The Morgan fingerprint density at radius 3 is 2.60 bits per heavy atom. The molecule has 1 unspecified atom stereocenters. The Labute approximate surface area is 175 Å². The average molecular weight is 428 g/mol. The van der Waals surface area contributed by atoms with Gasteiger partial charge in [-0.1, -0.05) is 6.07 Å². The van der Waals surface area contributed by atoms with Gasteiger partial charge < -0.3 is 19.8 Å². The first-order valence-corrected chi connectivity index (χ1v) is 10.0. The number of ether oxygens (including phenoxy) is 1. The number of fused-ring (bicyclic) bond motifs is 1. The van der Waals surface area contributed by atoms with Crippen LogP contribution in [0, 0.1) is 0 Å². The fourth-order valence-corrected chi connectivity index (χ4v) is 3.75. The van der Waals surface area contributed by atoms with E-state index in [-0.39, 0.29) is 30.4 Å². The molecule has 0 fully saturated rings. The van der Waals surface area contributed by atoms with Gasteiger partial charge in [0.2, 0.25) is 11.8 Å². The third kappa shape index (κ3) is 5.54. The van der Waals surface area contributed by atoms with Crippen molar-refractivity contribution < 1.29 is 23.5 Å². The van der Waals surface area contributed by atoms with Gasteiger partial charge in [0.25, 0.3) is 0 Å². The van der Waals surface area contributed by atoms with Crippen LogP contribution in [0.4, 0.5) is 5.69 Å². The minimum atomic E-state index is -0.594. The third-order valence-electron chi connectivity index (χ3n) is 4.17. The number of rotatable bonds is 7. The number of nitrogens with one attached hydrogen (secondary N) is 2. The fraction of sp³-hybridized carbons (Fsp3) is 0.238. The van der Waals surface area contributed by atoms with Crippen molar-refractivity contribution in [2.75, 3.05) is 5.32 Å². The minimum Gasteiger partial charge on any atom is -0.461 e. The molecule has 3 rings (SSSR count). The van der Waals surface area contributed by atoms with E-state index in [1.807, 2.05) is 17.5 Å². The summed E-state index contributed by atoms with van der Waals surface area (Å²) in [5, 5.41) is 7.81. The van der Waals surface area contributed by atoms with Gasteiger partial charge in [-0.3, -0.25) is 14.4 Å². The topological polar surface area (TPSA) is 115 Å². The van der Waals surface area contributed by atoms with Crippen LogP contribution in [-0.2, 0) is 25.7 Å². The predicted octanol–water partition coefficient (Wildman–Crippen LogP) is 3.12. The van der Waals surface area contributed by atoms with Crippen molar-refractivity contribution in [2.45, 2.75) is 32.9 Å². The highest BCUT2D eigenvalue weighted by Crippen LogP contribution is 2.24. The van der Waals surface area contributed by atoms with Gasteiger partial charge in [-0.15, -0.1) is 11.3 Å². The number of thiophene rings is 1. The molecule has 8 nitrogen and oxygen atoms in total. The lowest BCUT2D eigenvalue weighted by Gasteiger charge is -2.16. The maximum absolute atomic E-state index is 12.4. The van der Waals surface area contributed by atoms with Crippen LogP contribution in [0.25, 0.3) is 11.0 Å². The summed E-state index contributed by atoms with van der Waals surface area (Å²) in [5.74, 6) is -1.01. The van der Waals surface area contributed by atoms with E-state index in [9.17, 15) is 19.2 Å². The van der Waals surface area contributed by atoms with Crippen molar-refractivity contribution in [3.8, 4) is 0 Å². The van der Waals surface area contributed by atoms with Gasteiger partial charge in [0, 0.05) is 47.5 Å². The van der Waals surface area contributed by atoms with Crippen molar-refractivity contribution in [1.29, 1.82) is 0 Å². The van der Waals surface area contributed by atoms with E-state index >= 15 is 0 Å². The highest BCUT2D eigenvalue weighted by atomic mass is 32.1. The molecule has 2 heterocycles. The van der Waals surface area contributed by atoms with Crippen LogP contribution in [-0.4, -0.2) is 17.8 Å². The fourth-order valence-electron chi connectivity index (χ4n) is 2.97. The molecule has 0 aliphatic carbocycles. The largest absolute Gasteiger partial charge is 0.461 e. The molecule has 2 N–H and O–H groups in total. The molecule has 30 heavy (non-hydrogen) atoms. The Morgan fingerprint density at radius 2 is 1.93 bits per heavy atom. The van der Waals surface area contributed by atoms with Gasteiger partial charge in [-0.2, -0.15) is 0 Å². The van der Waals surface area contributed by atoms with Gasteiger partial charge in [-0.25, -0.2) is 4.79 Å². The van der Waals surface area contributed by atoms with Crippen molar-refractivity contribution in [2.24, 2.45) is 0 Å². The highest BCUT2D eigenvalue weighted by molar-refractivity contribution is 7.10. The zero-order valence-corrected chi connectivity index (χ0v) is 17.2. The van der Waals surface area contributed by atoms with Crippen molar-refractivity contribution in [3.63, 3.8) is 0 Å². The Kier molecular flexibility index (Phi) is 6.63. The molecule has 156 valence electrons. The maximum Gasteiger partial charge on any atom is 0.336 e. The number of benzene rings is 1. The molecule has 0 saturated carbocycles. The van der Waals surface area contributed by atoms with E-state index in [0.717, 1.165) is 4.88 Å². The molecule has 0 aliphatic heterocycles. The first-order valence-electron chi connectivity index (χ1n) is 9.12. The molecule has 3 aromatic rings. The van der Waals surface area contributed by atoms with Crippen LogP contribution < -0.4 is 16.3 Å². The van der Waals surface area contributed by atoms with E-state index in [1.165, 1.54) is 37.3 Å². The van der Waals surface area contributed by atoms with E-state index in [0.29, 0.717) is 16.6 Å². The Bertz CT molecular complexity index is 1140. The monoisotopic (exact) mass is 428 g/mol. The number of esters is 1. The van der Waals surface area contributed by atoms with Crippen LogP contribution in [0.2, 0.25) is 0 Å². The first kappa shape index (κ1) is 21.3. The average Bonchev–Trinajstić information content (AvgIpc) is 3.19. The number of anilines is 1. The smallest absolute Gasteiger partial charge is 0.336 e. The SMILES string of the molecule is CC(=O)Nc1ccc2c(COC(=O)CC(NC(C)=O)c3cccs3)cc(=O)oc2c1. The van der Waals surface area contributed by atoms with Gasteiger partial charge in [0.15, 0.2) is 0 Å². The van der Waals surface area contributed by atoms with Gasteiger partial charge in [0.05, 0.1) is 12.5 Å². The lowest BCUT2D eigenvalue weighted by atomic mass is 10.1. The van der Waals surface area contributed by atoms with E-state index in [4.69, 9.17) is 9.15 Å². The molecule has 2 aromatic heterocycles. The molecule has 0 bridgehead atoms. The predicted molar refractivity (Wildman–Crippen MR) is 112 cm³/mol. The van der Waals surface area contributed by atoms with Gasteiger partial charge in [-0.05, 0) is 23.6 Å². The van der Waals surface area contributed by atoms with E-state index in [1.54, 1.807) is 12.1 Å². The molecule has 0 aliphatic rings. The quantitative estimate of drug-likeness (QED) is 0.441. The van der Waals surface area contributed by atoms with Crippen LogP contribution in [0.5, 0.6) is 0 Å². The van der Waals surface area contributed by atoms with Crippen molar-refractivity contribution in [3.05, 3.63) is 62.6 Å². The third-order valence-corrected chi connectivity index (χ3v) is 5.16. The number of carbonyl (C=O) groups excluding carboxylic acids is 3. The zero-order chi connectivity index (χ0) is 21.7. The maximum atomic E-state index is 12.4. The second kappa shape index (κ2) is 9.36. The Balaban J connectivity index is 1.74. The van der Waals surface area contributed by atoms with Crippen LogP contribution in [0.1, 0.15) is 36.8 Å². The minimum absolute atomic E-state index is 0.0356. The van der Waals surface area contributed by atoms with E-state index in [2.05, 4.69) is 10.6 Å². The molecule has 9 heteroatoms. The highest BCUT2D eigenvalue weighted by Gasteiger charge is 2.19. The number of carbonyl (C=O) groups is 3. The molecule has 0 radical (unpaired) electrons. The zero-order valence-electron chi connectivity index (χ0n) is 16.4. The second-order valence-corrected chi connectivity index (χ2v) is 7.60. The second-order valence-electron chi connectivity index (χ2n) is 6.62. The molecule has 1 atom stereocenters. The van der Waals surface area contributed by atoms with Crippen LogP contribution >= 0.6 is 11.3 Å². The summed E-state index contributed by atoms with van der Waals surface area (Å²) in [7, 11) is 0. The van der Waals surface area contributed by atoms with E-state index < -0.39 is 17.6 Å². The van der Waals surface area contributed by atoms with Gasteiger partial charge >= 0.3 is 11.6 Å². The number of amides is 2. The summed E-state index contributed by atoms with van der Waals surface area (Å²) < 4.78 is 10.6. The summed E-state index contributed by atoms with van der Waals surface area (Å²) in [6.07, 6.45) is -0.0356. The first-order chi connectivity index (χ1) is 14.3. The molecular formula is C21H20N2O6S. The summed E-state index contributed by atoms with van der Waals surface area (Å²) in [6, 6.07) is 9.33. The van der Waals surface area contributed by atoms with Crippen LogP contribution in [0.15, 0.2) is 51.0 Å². The molecule has 0 spiro atoms. The molecule has 2 amide bonds. The summed E-state index contributed by atoms with van der Waals surface area (Å²) in [4.78, 5) is 47.8. The number of hydrogen-bond donors (Lipinski definition) is 2. The summed E-state index contributed by atoms with van der Waals surface area (Å²) >= 11 is 1.43. The van der Waals surface area contributed by atoms with Crippen LogP contribution in [0.3, 0.4) is 0 Å². The molecule has 0 saturated heterocycles. The van der Waals surface area contributed by atoms with Gasteiger partial charge in [0.1, 0.15) is 12.2 Å². The normalized spacial score (nSPS) is 11.7. The Hall–Kier alpha value is -3.46. The summed E-state index contributed by atoms with van der Waals surface area (Å²) in [6.45, 7) is 2.63. The summed E-state index contributed by atoms with van der Waals surface area (Å²) in [5.41, 5.74) is 0.648. The van der Waals surface area contributed by atoms with Crippen molar-refractivity contribution >= 4 is 45.8 Å². The molecular weight excluding hydrogens is 408 g/mol. The Morgan fingerprint density at radius 1 is 1.13 bits per heavy atom. The standard InChI is InChI=1S/C21H20N2O6S/c1-12(24)22-15-5-6-16-14(8-21(27)29-18(16)9-15)11-28-20(26)10-17(23-13(2)25)19-4-3-7-30-19/h3-9,17H,10-11H2,1-2H3,(H,22,24)(H,23,25). The molecule has 1 aromatic carbocycles. The number of hydrogen-bond acceptors (Lipinski definition) is 7. The van der Waals surface area contributed by atoms with Crippen molar-refractivity contribution in [1.82, 2.24) is 5.32 Å². The lowest BCUT2D eigenvalue weighted by Crippen LogP contribution is -2.28.